The van der Waals surface area contributed by atoms with Crippen molar-refractivity contribution in [3.8, 4) is 0 Å². The molecule has 6 nitrogen and oxygen atoms in total. The first kappa shape index (κ1) is 16.3. The SMILES string of the molecule is CCCn1ccc2cc(NC(=O)C(NC)c3cnn(C)c3)ccc21. The number of benzene rings is 1. The van der Waals surface area contributed by atoms with Gasteiger partial charge in [-0.15, -0.1) is 0 Å². The van der Waals surface area contributed by atoms with Crippen LogP contribution in [0.4, 0.5) is 5.69 Å². The molecule has 3 rings (SSSR count). The lowest BCUT2D eigenvalue weighted by atomic mass is 10.1. The third-order valence-electron chi connectivity index (χ3n) is 4.11. The van der Waals surface area contributed by atoms with Crippen LogP contribution in [0.25, 0.3) is 10.9 Å². The number of amides is 1. The zero-order valence-corrected chi connectivity index (χ0v) is 14.3. The fourth-order valence-corrected chi connectivity index (χ4v) is 2.97. The fraction of sp³-hybridized carbons (Fsp3) is 0.333. The molecule has 0 saturated heterocycles. The third-order valence-corrected chi connectivity index (χ3v) is 4.11. The highest BCUT2D eigenvalue weighted by molar-refractivity contribution is 5.97. The summed E-state index contributed by atoms with van der Waals surface area (Å²) in [5.41, 5.74) is 2.82. The van der Waals surface area contributed by atoms with E-state index in [1.165, 1.54) is 5.52 Å². The highest BCUT2D eigenvalue weighted by Crippen LogP contribution is 2.22. The van der Waals surface area contributed by atoms with Gasteiger partial charge in [0.25, 0.3) is 0 Å². The zero-order valence-electron chi connectivity index (χ0n) is 14.3. The first-order chi connectivity index (χ1) is 11.6. The summed E-state index contributed by atoms with van der Waals surface area (Å²) < 4.78 is 3.92. The van der Waals surface area contributed by atoms with Gasteiger partial charge in [0.1, 0.15) is 6.04 Å². The van der Waals surface area contributed by atoms with Crippen molar-refractivity contribution in [2.75, 3.05) is 12.4 Å². The molecule has 0 aliphatic heterocycles. The van der Waals surface area contributed by atoms with Gasteiger partial charge in [0.15, 0.2) is 0 Å². The highest BCUT2D eigenvalue weighted by atomic mass is 16.2. The van der Waals surface area contributed by atoms with Crippen LogP contribution in [0.1, 0.15) is 24.9 Å². The van der Waals surface area contributed by atoms with Gasteiger partial charge in [-0.1, -0.05) is 6.92 Å². The second-order valence-electron chi connectivity index (χ2n) is 5.94. The molecule has 1 aromatic carbocycles. The van der Waals surface area contributed by atoms with E-state index in [0.717, 1.165) is 29.6 Å². The molecule has 1 amide bonds. The topological polar surface area (TPSA) is 63.9 Å². The van der Waals surface area contributed by atoms with Crippen LogP contribution in [0, 0.1) is 0 Å². The minimum Gasteiger partial charge on any atom is -0.347 e. The van der Waals surface area contributed by atoms with Gasteiger partial charge in [0.05, 0.1) is 6.20 Å². The third kappa shape index (κ3) is 3.19. The van der Waals surface area contributed by atoms with Crippen molar-refractivity contribution < 1.29 is 4.79 Å². The van der Waals surface area contributed by atoms with E-state index in [0.29, 0.717) is 0 Å². The molecule has 126 valence electrons. The zero-order chi connectivity index (χ0) is 17.1. The van der Waals surface area contributed by atoms with Gasteiger partial charge in [0, 0.05) is 48.1 Å². The van der Waals surface area contributed by atoms with Crippen LogP contribution < -0.4 is 10.6 Å². The Balaban J connectivity index is 1.79. The summed E-state index contributed by atoms with van der Waals surface area (Å²) >= 11 is 0. The monoisotopic (exact) mass is 325 g/mol. The lowest BCUT2D eigenvalue weighted by molar-refractivity contribution is -0.118. The van der Waals surface area contributed by atoms with E-state index in [1.807, 2.05) is 25.4 Å². The Morgan fingerprint density at radius 3 is 2.83 bits per heavy atom. The number of aryl methyl sites for hydroxylation is 2. The summed E-state index contributed by atoms with van der Waals surface area (Å²) in [6.45, 7) is 3.16. The van der Waals surface area contributed by atoms with Crippen LogP contribution >= 0.6 is 0 Å². The van der Waals surface area contributed by atoms with Crippen LogP contribution in [-0.4, -0.2) is 27.3 Å². The Morgan fingerprint density at radius 2 is 2.17 bits per heavy atom. The van der Waals surface area contributed by atoms with E-state index in [1.54, 1.807) is 17.9 Å². The van der Waals surface area contributed by atoms with Crippen LogP contribution in [0.5, 0.6) is 0 Å². The lowest BCUT2D eigenvalue weighted by Crippen LogP contribution is -2.30. The maximum atomic E-state index is 12.6. The molecule has 6 heteroatoms. The average molecular weight is 325 g/mol. The van der Waals surface area contributed by atoms with Crippen LogP contribution in [0.15, 0.2) is 42.9 Å². The smallest absolute Gasteiger partial charge is 0.246 e. The second kappa shape index (κ2) is 6.88. The first-order valence-corrected chi connectivity index (χ1v) is 8.18. The Morgan fingerprint density at radius 1 is 1.33 bits per heavy atom. The Kier molecular flexibility index (Phi) is 4.66. The standard InChI is InChI=1S/C18H23N5O/c1-4-8-23-9-7-13-10-15(5-6-16(13)23)21-18(24)17(19-2)14-11-20-22(3)12-14/h5-7,9-12,17,19H,4,8H2,1-3H3,(H,21,24). The molecule has 2 N–H and O–H groups in total. The van der Waals surface area contributed by atoms with Crippen molar-refractivity contribution in [1.29, 1.82) is 0 Å². The molecule has 1 atom stereocenters. The van der Waals surface area contributed by atoms with Crippen molar-refractivity contribution >= 4 is 22.5 Å². The molecule has 24 heavy (non-hydrogen) atoms. The van der Waals surface area contributed by atoms with Crippen molar-refractivity contribution in [3.05, 3.63) is 48.4 Å². The number of fused-ring (bicyclic) bond motifs is 1. The van der Waals surface area contributed by atoms with Crippen LogP contribution in [0.2, 0.25) is 0 Å². The number of anilines is 1. The number of carbonyl (C=O) groups is 1. The molecule has 2 aromatic heterocycles. The molecule has 0 fully saturated rings. The van der Waals surface area contributed by atoms with E-state index >= 15 is 0 Å². The van der Waals surface area contributed by atoms with Crippen molar-refractivity contribution in [2.24, 2.45) is 7.05 Å². The number of hydrogen-bond acceptors (Lipinski definition) is 3. The first-order valence-electron chi connectivity index (χ1n) is 8.18. The number of nitrogens with zero attached hydrogens (tertiary/aromatic N) is 3. The maximum absolute atomic E-state index is 12.6. The number of rotatable bonds is 6. The lowest BCUT2D eigenvalue weighted by Gasteiger charge is -2.14. The van der Waals surface area contributed by atoms with Gasteiger partial charge in [-0.2, -0.15) is 5.10 Å². The average Bonchev–Trinajstić information content (AvgIpc) is 3.15. The summed E-state index contributed by atoms with van der Waals surface area (Å²) in [7, 11) is 3.61. The van der Waals surface area contributed by atoms with Crippen molar-refractivity contribution in [1.82, 2.24) is 19.7 Å². The number of likely N-dealkylation sites (N-methyl/N-ethyl adjacent to an activating group) is 1. The minimum absolute atomic E-state index is 0.0992. The molecular weight excluding hydrogens is 302 g/mol. The predicted molar refractivity (Wildman–Crippen MR) is 95.9 cm³/mol. The number of carbonyl (C=O) groups excluding carboxylic acids is 1. The van der Waals surface area contributed by atoms with E-state index in [-0.39, 0.29) is 5.91 Å². The Hall–Kier alpha value is -2.60. The molecule has 0 spiro atoms. The van der Waals surface area contributed by atoms with Gasteiger partial charge >= 0.3 is 0 Å². The van der Waals surface area contributed by atoms with Gasteiger partial charge in [-0.3, -0.25) is 9.48 Å². The Labute approximate surface area is 141 Å². The van der Waals surface area contributed by atoms with E-state index in [9.17, 15) is 4.79 Å². The van der Waals surface area contributed by atoms with E-state index < -0.39 is 6.04 Å². The molecular formula is C18H23N5O. The molecule has 0 aliphatic carbocycles. The van der Waals surface area contributed by atoms with E-state index in [2.05, 4.69) is 45.6 Å². The summed E-state index contributed by atoms with van der Waals surface area (Å²) in [6.07, 6.45) is 6.73. The molecule has 3 aromatic rings. The van der Waals surface area contributed by atoms with Crippen molar-refractivity contribution in [2.45, 2.75) is 25.9 Å². The molecule has 0 aliphatic rings. The largest absolute Gasteiger partial charge is 0.347 e. The molecule has 0 radical (unpaired) electrons. The quantitative estimate of drug-likeness (QED) is 0.732. The normalized spacial score (nSPS) is 12.5. The van der Waals surface area contributed by atoms with Crippen LogP contribution in [0.3, 0.4) is 0 Å². The molecule has 1 unspecified atom stereocenters. The molecule has 0 bridgehead atoms. The highest BCUT2D eigenvalue weighted by Gasteiger charge is 2.20. The van der Waals surface area contributed by atoms with E-state index in [4.69, 9.17) is 0 Å². The maximum Gasteiger partial charge on any atom is 0.246 e. The van der Waals surface area contributed by atoms with Gasteiger partial charge in [0.2, 0.25) is 5.91 Å². The number of hydrogen-bond donors (Lipinski definition) is 2. The van der Waals surface area contributed by atoms with Crippen molar-refractivity contribution in [3.63, 3.8) is 0 Å². The predicted octanol–water partition coefficient (Wildman–Crippen LogP) is 2.68. The van der Waals surface area contributed by atoms with Crippen LogP contribution in [-0.2, 0) is 18.4 Å². The minimum atomic E-state index is -0.431. The summed E-state index contributed by atoms with van der Waals surface area (Å²) in [6, 6.07) is 7.66. The summed E-state index contributed by atoms with van der Waals surface area (Å²) in [5, 5.41) is 11.3. The summed E-state index contributed by atoms with van der Waals surface area (Å²) in [4.78, 5) is 12.6. The summed E-state index contributed by atoms with van der Waals surface area (Å²) in [5.74, 6) is -0.0992. The Bertz CT molecular complexity index is 848. The fourth-order valence-electron chi connectivity index (χ4n) is 2.97. The second-order valence-corrected chi connectivity index (χ2v) is 5.94. The molecule has 0 saturated carbocycles. The van der Waals surface area contributed by atoms with Gasteiger partial charge in [-0.25, -0.2) is 0 Å². The number of nitrogens with one attached hydrogen (secondary N) is 2. The number of aromatic nitrogens is 3. The van der Waals surface area contributed by atoms with Gasteiger partial charge in [-0.05, 0) is 37.7 Å². The molecule has 2 heterocycles. The van der Waals surface area contributed by atoms with Gasteiger partial charge < -0.3 is 15.2 Å².